The highest BCUT2D eigenvalue weighted by Gasteiger charge is 2.23. The van der Waals surface area contributed by atoms with Gasteiger partial charge in [0, 0.05) is 22.0 Å². The van der Waals surface area contributed by atoms with Crippen molar-refractivity contribution in [1.29, 1.82) is 0 Å². The number of aromatic nitrogens is 1. The minimum absolute atomic E-state index is 0.212. The van der Waals surface area contributed by atoms with E-state index in [0.717, 1.165) is 10.6 Å². The standard InChI is InChI=1S/C17H13N3O3S2/c1-9-15(21)19-12-6-11(2-3-14(12)23-9)18-16(22)13-8-25-17(20-13)10-4-5-24-7-10/h2-9H,1H3,(H,18,22)(H,19,21)/t9-/m0/s1. The van der Waals surface area contributed by atoms with Gasteiger partial charge in [0.1, 0.15) is 16.5 Å². The van der Waals surface area contributed by atoms with Gasteiger partial charge >= 0.3 is 0 Å². The molecule has 1 aliphatic rings. The molecule has 1 aliphatic heterocycles. The molecule has 8 heteroatoms. The fraction of sp³-hybridized carbons (Fsp3) is 0.118. The number of hydrogen-bond donors (Lipinski definition) is 2. The average molecular weight is 371 g/mol. The van der Waals surface area contributed by atoms with Crippen molar-refractivity contribution in [3.8, 4) is 16.3 Å². The van der Waals surface area contributed by atoms with Crippen molar-refractivity contribution in [3.63, 3.8) is 0 Å². The summed E-state index contributed by atoms with van der Waals surface area (Å²) in [6.07, 6.45) is -0.529. The van der Waals surface area contributed by atoms with E-state index >= 15 is 0 Å². The molecule has 0 bridgehead atoms. The molecule has 0 radical (unpaired) electrons. The zero-order valence-electron chi connectivity index (χ0n) is 13.1. The molecular weight excluding hydrogens is 358 g/mol. The second-order valence-corrected chi connectivity index (χ2v) is 7.10. The topological polar surface area (TPSA) is 80.3 Å². The van der Waals surface area contributed by atoms with E-state index in [0.29, 0.717) is 22.8 Å². The van der Waals surface area contributed by atoms with E-state index in [1.165, 1.54) is 11.3 Å². The molecule has 4 rings (SSSR count). The largest absolute Gasteiger partial charge is 0.479 e. The number of carbonyl (C=O) groups excluding carboxylic acids is 2. The molecule has 2 N–H and O–H groups in total. The summed E-state index contributed by atoms with van der Waals surface area (Å²) in [7, 11) is 0. The number of hydrogen-bond acceptors (Lipinski definition) is 6. The maximum absolute atomic E-state index is 12.4. The Bertz CT molecular complexity index is 950. The Labute approximate surface area is 151 Å². The van der Waals surface area contributed by atoms with Gasteiger partial charge in [0.15, 0.2) is 6.10 Å². The van der Waals surface area contributed by atoms with E-state index in [1.807, 2.05) is 16.8 Å². The molecule has 1 atom stereocenters. The van der Waals surface area contributed by atoms with Crippen LogP contribution in [-0.2, 0) is 4.79 Å². The lowest BCUT2D eigenvalue weighted by molar-refractivity contribution is -0.122. The fourth-order valence-electron chi connectivity index (χ4n) is 2.38. The predicted molar refractivity (Wildman–Crippen MR) is 98.5 cm³/mol. The number of carbonyl (C=O) groups is 2. The van der Waals surface area contributed by atoms with Crippen LogP contribution in [0.25, 0.3) is 10.6 Å². The number of thiazole rings is 1. The van der Waals surface area contributed by atoms with Crippen LogP contribution in [-0.4, -0.2) is 22.9 Å². The zero-order valence-corrected chi connectivity index (χ0v) is 14.7. The monoisotopic (exact) mass is 371 g/mol. The van der Waals surface area contributed by atoms with Gasteiger partial charge < -0.3 is 15.4 Å². The van der Waals surface area contributed by atoms with Gasteiger partial charge in [-0.25, -0.2) is 4.98 Å². The number of thiophene rings is 1. The third kappa shape index (κ3) is 3.13. The normalized spacial score (nSPS) is 15.9. The molecule has 0 saturated heterocycles. The fourth-order valence-corrected chi connectivity index (χ4v) is 3.89. The first-order chi connectivity index (χ1) is 12.1. The Kier molecular flexibility index (Phi) is 3.98. The molecule has 0 spiro atoms. The van der Waals surface area contributed by atoms with E-state index in [2.05, 4.69) is 15.6 Å². The van der Waals surface area contributed by atoms with Crippen molar-refractivity contribution >= 4 is 45.9 Å². The second-order valence-electron chi connectivity index (χ2n) is 5.46. The van der Waals surface area contributed by atoms with Crippen LogP contribution in [0.15, 0.2) is 40.4 Å². The molecule has 1 aromatic carbocycles. The highest BCUT2D eigenvalue weighted by atomic mass is 32.1. The highest BCUT2D eigenvalue weighted by Crippen LogP contribution is 2.32. The molecule has 0 saturated carbocycles. The molecule has 2 aromatic heterocycles. The number of fused-ring (bicyclic) bond motifs is 1. The molecule has 126 valence electrons. The lowest BCUT2D eigenvalue weighted by Gasteiger charge is -2.23. The average Bonchev–Trinajstić information content (AvgIpc) is 3.27. The maximum atomic E-state index is 12.4. The Morgan fingerprint density at radius 2 is 2.20 bits per heavy atom. The zero-order chi connectivity index (χ0) is 17.4. The van der Waals surface area contributed by atoms with Crippen LogP contribution in [0.5, 0.6) is 5.75 Å². The molecule has 0 unspecified atom stereocenters. The molecule has 3 aromatic rings. The van der Waals surface area contributed by atoms with Crippen LogP contribution in [0.3, 0.4) is 0 Å². The van der Waals surface area contributed by atoms with Crippen molar-refractivity contribution in [2.24, 2.45) is 0 Å². The summed E-state index contributed by atoms with van der Waals surface area (Å²) in [4.78, 5) is 28.5. The first-order valence-corrected chi connectivity index (χ1v) is 9.33. The summed E-state index contributed by atoms with van der Waals surface area (Å²) < 4.78 is 5.50. The summed E-state index contributed by atoms with van der Waals surface area (Å²) in [6, 6.07) is 7.09. The van der Waals surface area contributed by atoms with Crippen LogP contribution in [0, 0.1) is 0 Å². The molecule has 0 aliphatic carbocycles. The Morgan fingerprint density at radius 1 is 1.32 bits per heavy atom. The van der Waals surface area contributed by atoms with Crippen molar-refractivity contribution in [2.75, 3.05) is 10.6 Å². The van der Waals surface area contributed by atoms with Crippen LogP contribution in [0.2, 0.25) is 0 Å². The molecule has 3 heterocycles. The lowest BCUT2D eigenvalue weighted by Crippen LogP contribution is -2.34. The van der Waals surface area contributed by atoms with Crippen LogP contribution >= 0.6 is 22.7 Å². The van der Waals surface area contributed by atoms with Gasteiger partial charge in [-0.1, -0.05) is 0 Å². The highest BCUT2D eigenvalue weighted by molar-refractivity contribution is 7.14. The van der Waals surface area contributed by atoms with E-state index < -0.39 is 6.10 Å². The molecule has 0 fully saturated rings. The summed E-state index contributed by atoms with van der Waals surface area (Å²) in [5, 5.41) is 12.1. The first kappa shape index (κ1) is 15.8. The number of anilines is 2. The van der Waals surface area contributed by atoms with Crippen LogP contribution < -0.4 is 15.4 Å². The number of rotatable bonds is 3. The van der Waals surface area contributed by atoms with Gasteiger partial charge in [0.2, 0.25) is 0 Å². The third-order valence-corrected chi connectivity index (χ3v) is 5.25. The van der Waals surface area contributed by atoms with Gasteiger partial charge in [-0.2, -0.15) is 11.3 Å². The van der Waals surface area contributed by atoms with Crippen molar-refractivity contribution in [3.05, 3.63) is 46.1 Å². The predicted octanol–water partition coefficient (Wildman–Crippen LogP) is 3.84. The summed E-state index contributed by atoms with van der Waals surface area (Å²) in [5.41, 5.74) is 2.47. The SMILES string of the molecule is C[C@@H]1Oc2ccc(NC(=O)c3csc(-c4ccsc4)n3)cc2NC1=O. The Balaban J connectivity index is 1.52. The molecule has 25 heavy (non-hydrogen) atoms. The van der Waals surface area contributed by atoms with Gasteiger partial charge in [-0.15, -0.1) is 11.3 Å². The number of amides is 2. The maximum Gasteiger partial charge on any atom is 0.275 e. The van der Waals surface area contributed by atoms with Crippen molar-refractivity contribution in [2.45, 2.75) is 13.0 Å². The van der Waals surface area contributed by atoms with Gasteiger partial charge in [0.25, 0.3) is 11.8 Å². The second kappa shape index (κ2) is 6.30. The number of ether oxygens (including phenoxy) is 1. The molecule has 2 amide bonds. The summed E-state index contributed by atoms with van der Waals surface area (Å²) >= 11 is 3.02. The van der Waals surface area contributed by atoms with E-state index in [9.17, 15) is 9.59 Å². The molecular formula is C17H13N3O3S2. The summed E-state index contributed by atoms with van der Waals surface area (Å²) in [5.74, 6) is 0.0727. The lowest BCUT2D eigenvalue weighted by atomic mass is 10.2. The van der Waals surface area contributed by atoms with E-state index in [4.69, 9.17) is 4.74 Å². The van der Waals surface area contributed by atoms with Crippen molar-refractivity contribution in [1.82, 2.24) is 4.98 Å². The summed E-state index contributed by atoms with van der Waals surface area (Å²) in [6.45, 7) is 1.68. The van der Waals surface area contributed by atoms with Crippen molar-refractivity contribution < 1.29 is 14.3 Å². The molecule has 6 nitrogen and oxygen atoms in total. The Hall–Kier alpha value is -2.71. The quantitative estimate of drug-likeness (QED) is 0.733. The smallest absolute Gasteiger partial charge is 0.275 e. The first-order valence-electron chi connectivity index (χ1n) is 7.51. The van der Waals surface area contributed by atoms with E-state index in [-0.39, 0.29) is 11.8 Å². The number of nitrogens with zero attached hydrogens (tertiary/aromatic N) is 1. The Morgan fingerprint density at radius 3 is 3.00 bits per heavy atom. The third-order valence-electron chi connectivity index (χ3n) is 3.67. The van der Waals surface area contributed by atoms with Crippen LogP contribution in [0.4, 0.5) is 11.4 Å². The minimum Gasteiger partial charge on any atom is -0.479 e. The number of nitrogens with one attached hydrogen (secondary N) is 2. The van der Waals surface area contributed by atoms with Crippen LogP contribution in [0.1, 0.15) is 17.4 Å². The van der Waals surface area contributed by atoms with Gasteiger partial charge in [0.05, 0.1) is 5.69 Å². The van der Waals surface area contributed by atoms with E-state index in [1.54, 1.807) is 41.8 Å². The van der Waals surface area contributed by atoms with Gasteiger partial charge in [-0.3, -0.25) is 9.59 Å². The minimum atomic E-state index is -0.529. The number of benzene rings is 1. The van der Waals surface area contributed by atoms with Gasteiger partial charge in [-0.05, 0) is 36.6 Å².